The molecule has 0 aliphatic heterocycles. The van der Waals surface area contributed by atoms with Gasteiger partial charge in [-0.3, -0.25) is 4.79 Å². The summed E-state index contributed by atoms with van der Waals surface area (Å²) in [7, 11) is 0. The third kappa shape index (κ3) is 6.92. The van der Waals surface area contributed by atoms with Gasteiger partial charge in [0.2, 0.25) is 0 Å². The highest BCUT2D eigenvalue weighted by molar-refractivity contribution is 7.80. The molecule has 0 aromatic heterocycles. The van der Waals surface area contributed by atoms with Crippen LogP contribution in [0.25, 0.3) is 0 Å². The van der Waals surface area contributed by atoms with Gasteiger partial charge in [0.25, 0.3) is 0 Å². The molecular weight excluding hydrogens is 168 g/mol. The van der Waals surface area contributed by atoms with Crippen LogP contribution in [-0.4, -0.2) is 29.0 Å². The minimum absolute atomic E-state index is 0.00467. The second kappa shape index (κ2) is 5.79. The van der Waals surface area contributed by atoms with E-state index in [-0.39, 0.29) is 13.0 Å². The molecule has 4 nitrogen and oxygen atoms in total. The van der Waals surface area contributed by atoms with Crippen LogP contribution in [0.15, 0.2) is 0 Å². The molecule has 11 heavy (non-hydrogen) atoms. The van der Waals surface area contributed by atoms with Crippen molar-refractivity contribution in [1.82, 2.24) is 0 Å². The smallest absolute Gasteiger partial charge is 0.341 e. The predicted octanol–water partition coefficient (Wildman–Crippen LogP) is 0.394. The van der Waals surface area contributed by atoms with E-state index in [1.165, 1.54) is 0 Å². The molecule has 0 saturated heterocycles. The topological polar surface area (TPSA) is 63.6 Å². The second-order valence-corrected chi connectivity index (χ2v) is 2.02. The fraction of sp³-hybridized carbons (Fsp3) is 0.500. The number of aliphatic carboxylic acids is 1. The van der Waals surface area contributed by atoms with E-state index in [0.717, 1.165) is 5.37 Å². The Labute approximate surface area is 69.2 Å². The number of esters is 1. The third-order valence-electron chi connectivity index (χ3n) is 0.876. The maximum atomic E-state index is 10.3. The molecular formula is C6H8O4S. The summed E-state index contributed by atoms with van der Waals surface area (Å²) in [5.74, 6) is -1.49. The Morgan fingerprint density at radius 3 is 2.64 bits per heavy atom. The standard InChI is InChI=1S/C6H8O4S/c7-5(8)2-1-3-10-6(9)4-11/h4H,1-3H2,(H,7,8). The number of hydrogen-bond acceptors (Lipinski definition) is 4. The Kier molecular flexibility index (Phi) is 5.28. The SMILES string of the molecule is O=C(O)CCCOC(=O)C=S. The Balaban J connectivity index is 3.21. The number of hydrogen-bond donors (Lipinski definition) is 1. The van der Waals surface area contributed by atoms with Crippen LogP contribution in [0.5, 0.6) is 0 Å². The Bertz CT molecular complexity index is 166. The molecule has 62 valence electrons. The van der Waals surface area contributed by atoms with Crippen molar-refractivity contribution in [3.8, 4) is 0 Å². The van der Waals surface area contributed by atoms with Gasteiger partial charge >= 0.3 is 11.9 Å². The summed E-state index contributed by atoms with van der Waals surface area (Å²) in [6, 6.07) is 0. The van der Waals surface area contributed by atoms with Gasteiger partial charge in [-0.05, 0) is 6.42 Å². The molecule has 0 bridgehead atoms. The van der Waals surface area contributed by atoms with Crippen molar-refractivity contribution >= 4 is 29.5 Å². The number of carbonyl (C=O) groups is 2. The highest BCUT2D eigenvalue weighted by Crippen LogP contribution is 1.89. The van der Waals surface area contributed by atoms with Crippen molar-refractivity contribution in [1.29, 1.82) is 0 Å². The quantitative estimate of drug-likeness (QED) is 0.373. The van der Waals surface area contributed by atoms with Crippen LogP contribution >= 0.6 is 12.2 Å². The minimum atomic E-state index is -0.900. The van der Waals surface area contributed by atoms with Crippen molar-refractivity contribution in [2.45, 2.75) is 12.8 Å². The van der Waals surface area contributed by atoms with Crippen molar-refractivity contribution in [3.05, 3.63) is 0 Å². The minimum Gasteiger partial charge on any atom is -0.481 e. The summed E-state index contributed by atoms with van der Waals surface area (Å²) < 4.78 is 4.48. The molecule has 0 atom stereocenters. The van der Waals surface area contributed by atoms with E-state index in [9.17, 15) is 9.59 Å². The summed E-state index contributed by atoms with van der Waals surface area (Å²) >= 11 is 4.26. The molecule has 0 saturated carbocycles. The van der Waals surface area contributed by atoms with E-state index >= 15 is 0 Å². The Morgan fingerprint density at radius 1 is 1.55 bits per heavy atom. The molecule has 0 unspecified atom stereocenters. The molecule has 0 spiro atoms. The van der Waals surface area contributed by atoms with E-state index in [4.69, 9.17) is 5.11 Å². The maximum Gasteiger partial charge on any atom is 0.341 e. The molecule has 0 amide bonds. The van der Waals surface area contributed by atoms with Gasteiger partial charge in [0.1, 0.15) is 0 Å². The summed E-state index contributed by atoms with van der Waals surface area (Å²) in [6.07, 6.45) is 0.328. The molecule has 0 radical (unpaired) electrons. The van der Waals surface area contributed by atoms with Gasteiger partial charge in [0.15, 0.2) is 0 Å². The van der Waals surface area contributed by atoms with Crippen molar-refractivity contribution < 1.29 is 19.4 Å². The number of carboxylic acids is 1. The zero-order valence-electron chi connectivity index (χ0n) is 5.78. The monoisotopic (exact) mass is 176 g/mol. The lowest BCUT2D eigenvalue weighted by atomic mass is 10.3. The number of ether oxygens (including phenoxy) is 1. The van der Waals surface area contributed by atoms with Crippen molar-refractivity contribution in [3.63, 3.8) is 0 Å². The third-order valence-corrected chi connectivity index (χ3v) is 1.07. The molecule has 0 fully saturated rings. The van der Waals surface area contributed by atoms with Gasteiger partial charge in [0, 0.05) is 6.42 Å². The van der Waals surface area contributed by atoms with Gasteiger partial charge in [-0.2, -0.15) is 0 Å². The zero-order valence-corrected chi connectivity index (χ0v) is 6.60. The lowest BCUT2D eigenvalue weighted by Gasteiger charge is -1.97. The number of carbonyl (C=O) groups excluding carboxylic acids is 1. The fourth-order valence-electron chi connectivity index (χ4n) is 0.430. The van der Waals surface area contributed by atoms with E-state index in [0.29, 0.717) is 6.42 Å². The van der Waals surface area contributed by atoms with E-state index < -0.39 is 11.9 Å². The van der Waals surface area contributed by atoms with E-state index in [2.05, 4.69) is 17.0 Å². The normalized spacial score (nSPS) is 8.73. The molecule has 0 aliphatic rings. The summed E-state index contributed by atoms with van der Waals surface area (Å²) in [5, 5.41) is 9.04. The lowest BCUT2D eigenvalue weighted by molar-refractivity contribution is -0.140. The molecule has 1 N–H and O–H groups in total. The van der Waals surface area contributed by atoms with Crippen LogP contribution in [0.2, 0.25) is 0 Å². The van der Waals surface area contributed by atoms with Crippen LogP contribution in [0.3, 0.4) is 0 Å². The summed E-state index contributed by atoms with van der Waals surface area (Å²) in [6.45, 7) is 0.109. The van der Waals surface area contributed by atoms with Crippen LogP contribution in [0.4, 0.5) is 0 Å². The second-order valence-electron chi connectivity index (χ2n) is 1.78. The average molecular weight is 176 g/mol. The zero-order chi connectivity index (χ0) is 8.69. The van der Waals surface area contributed by atoms with Crippen LogP contribution in [-0.2, 0) is 14.3 Å². The van der Waals surface area contributed by atoms with Crippen LogP contribution < -0.4 is 0 Å². The Morgan fingerprint density at radius 2 is 2.18 bits per heavy atom. The first-order chi connectivity index (χ1) is 5.16. The number of rotatable bonds is 5. The van der Waals surface area contributed by atoms with Gasteiger partial charge in [-0.25, -0.2) is 4.79 Å². The first-order valence-electron chi connectivity index (χ1n) is 3.00. The first kappa shape index (κ1) is 10.0. The number of thiocarbonyl (C=S) groups is 1. The molecule has 0 aromatic rings. The summed E-state index contributed by atoms with van der Waals surface area (Å²) in [4.78, 5) is 20.3. The highest BCUT2D eigenvalue weighted by atomic mass is 32.1. The number of carboxylic acid groups (broad SMARTS) is 1. The van der Waals surface area contributed by atoms with Crippen molar-refractivity contribution in [2.24, 2.45) is 0 Å². The fourth-order valence-corrected chi connectivity index (χ4v) is 0.498. The van der Waals surface area contributed by atoms with Gasteiger partial charge in [-0.15, -0.1) is 0 Å². The van der Waals surface area contributed by atoms with Crippen LogP contribution in [0.1, 0.15) is 12.8 Å². The molecule has 0 heterocycles. The van der Waals surface area contributed by atoms with Gasteiger partial charge < -0.3 is 9.84 Å². The average Bonchev–Trinajstić information content (AvgIpc) is 1.97. The maximum absolute atomic E-state index is 10.3. The Hall–Kier alpha value is -0.970. The molecule has 0 aromatic carbocycles. The van der Waals surface area contributed by atoms with Gasteiger partial charge in [0.05, 0.1) is 12.0 Å². The van der Waals surface area contributed by atoms with E-state index in [1.807, 2.05) is 0 Å². The molecule has 0 rings (SSSR count). The van der Waals surface area contributed by atoms with E-state index in [1.54, 1.807) is 0 Å². The van der Waals surface area contributed by atoms with Gasteiger partial charge in [-0.1, -0.05) is 12.2 Å². The molecule has 0 aliphatic carbocycles. The summed E-state index contributed by atoms with van der Waals surface area (Å²) in [5.41, 5.74) is 0. The van der Waals surface area contributed by atoms with Crippen molar-refractivity contribution in [2.75, 3.05) is 6.61 Å². The van der Waals surface area contributed by atoms with Crippen LogP contribution in [0, 0.1) is 0 Å². The highest BCUT2D eigenvalue weighted by Gasteiger charge is 1.98. The predicted molar refractivity (Wildman–Crippen MR) is 41.5 cm³/mol. The largest absolute Gasteiger partial charge is 0.481 e. The lowest BCUT2D eigenvalue weighted by Crippen LogP contribution is -2.06. The molecule has 5 heteroatoms. The first-order valence-corrected chi connectivity index (χ1v) is 3.47.